The highest BCUT2D eigenvalue weighted by molar-refractivity contribution is 5.98. The number of aromatic nitrogens is 2. The van der Waals surface area contributed by atoms with Gasteiger partial charge in [0.25, 0.3) is 5.56 Å². The smallest absolute Gasteiger partial charge is 0.330 e. The van der Waals surface area contributed by atoms with E-state index in [0.29, 0.717) is 6.07 Å². The van der Waals surface area contributed by atoms with Gasteiger partial charge in [-0.25, -0.2) is 13.6 Å². The van der Waals surface area contributed by atoms with Gasteiger partial charge in [0, 0.05) is 32.0 Å². The first-order chi connectivity index (χ1) is 14.1. The monoisotopic (exact) mass is 425 g/mol. The second-order valence-electron chi connectivity index (χ2n) is 7.05. The quantitative estimate of drug-likeness (QED) is 0.554. The summed E-state index contributed by atoms with van der Waals surface area (Å²) in [6.45, 7) is 3.65. The zero-order valence-electron chi connectivity index (χ0n) is 17.0. The fourth-order valence-electron chi connectivity index (χ4n) is 2.86. The molecule has 11 heteroatoms. The predicted molar refractivity (Wildman–Crippen MR) is 110 cm³/mol. The molecule has 164 valence electrons. The number of carbonyl (C=O) groups is 1. The Morgan fingerprint density at radius 1 is 1.27 bits per heavy atom. The van der Waals surface area contributed by atoms with Gasteiger partial charge in [-0.2, -0.15) is 0 Å². The molecule has 1 heterocycles. The number of carbonyl (C=O) groups excluding carboxylic acids is 1. The van der Waals surface area contributed by atoms with E-state index >= 15 is 0 Å². The van der Waals surface area contributed by atoms with Gasteiger partial charge in [0.05, 0.1) is 13.2 Å². The molecule has 0 bridgehead atoms. The molecule has 0 saturated carbocycles. The Balaban J connectivity index is 2.38. The molecular weight excluding hydrogens is 400 g/mol. The molecule has 1 amide bonds. The lowest BCUT2D eigenvalue weighted by Crippen LogP contribution is -2.44. The van der Waals surface area contributed by atoms with E-state index in [1.54, 1.807) is 0 Å². The van der Waals surface area contributed by atoms with Gasteiger partial charge in [-0.15, -0.1) is 0 Å². The number of halogens is 2. The fourth-order valence-corrected chi connectivity index (χ4v) is 2.86. The molecule has 1 aromatic carbocycles. The Bertz CT molecular complexity index is 999. The minimum absolute atomic E-state index is 0.0261. The summed E-state index contributed by atoms with van der Waals surface area (Å²) in [5, 5.41) is 2.62. The van der Waals surface area contributed by atoms with Crippen LogP contribution in [0.4, 0.5) is 26.0 Å². The van der Waals surface area contributed by atoms with E-state index in [1.807, 2.05) is 13.8 Å². The van der Waals surface area contributed by atoms with Crippen LogP contribution in [0.1, 0.15) is 13.8 Å². The molecule has 9 nitrogen and oxygen atoms in total. The molecule has 0 unspecified atom stereocenters. The molecule has 2 rings (SSSR count). The average molecular weight is 425 g/mol. The molecule has 30 heavy (non-hydrogen) atoms. The largest absolute Gasteiger partial charge is 0.383 e. The SMILES string of the molecule is COCCN(C(=O)CNc1cc(F)cc(F)c1)c1c(N)n(CC(C)C)c(=O)[nH]c1=O. The van der Waals surface area contributed by atoms with Crippen molar-refractivity contribution in [2.75, 3.05) is 42.8 Å². The molecule has 0 atom stereocenters. The lowest BCUT2D eigenvalue weighted by Gasteiger charge is -2.25. The van der Waals surface area contributed by atoms with Crippen LogP contribution in [0.3, 0.4) is 0 Å². The number of hydrogen-bond acceptors (Lipinski definition) is 6. The van der Waals surface area contributed by atoms with Crippen molar-refractivity contribution in [3.05, 3.63) is 50.7 Å². The number of aromatic amines is 1. The van der Waals surface area contributed by atoms with Gasteiger partial charge in [0.15, 0.2) is 5.69 Å². The van der Waals surface area contributed by atoms with Crippen LogP contribution < -0.4 is 27.2 Å². The maximum Gasteiger partial charge on any atom is 0.330 e. The summed E-state index contributed by atoms with van der Waals surface area (Å²) in [7, 11) is 1.42. The summed E-state index contributed by atoms with van der Waals surface area (Å²) in [5.74, 6) is -2.32. The Kier molecular flexibility index (Phi) is 7.70. The van der Waals surface area contributed by atoms with Crippen LogP contribution in [-0.2, 0) is 16.1 Å². The summed E-state index contributed by atoms with van der Waals surface area (Å²) in [6.07, 6.45) is 0. The summed E-state index contributed by atoms with van der Waals surface area (Å²) in [5.41, 5.74) is 4.45. The van der Waals surface area contributed by atoms with Gasteiger partial charge >= 0.3 is 5.69 Å². The van der Waals surface area contributed by atoms with Crippen LogP contribution >= 0.6 is 0 Å². The maximum absolute atomic E-state index is 13.3. The number of anilines is 3. The van der Waals surface area contributed by atoms with Crippen molar-refractivity contribution < 1.29 is 18.3 Å². The van der Waals surface area contributed by atoms with Crippen LogP contribution in [0.2, 0.25) is 0 Å². The number of ether oxygens (including phenoxy) is 1. The molecule has 0 fully saturated rings. The second kappa shape index (κ2) is 10.0. The number of hydrogen-bond donors (Lipinski definition) is 3. The van der Waals surface area contributed by atoms with E-state index in [0.717, 1.165) is 17.0 Å². The second-order valence-corrected chi connectivity index (χ2v) is 7.05. The highest BCUT2D eigenvalue weighted by Gasteiger charge is 2.24. The predicted octanol–water partition coefficient (Wildman–Crippen LogP) is 1.14. The van der Waals surface area contributed by atoms with Gasteiger partial charge < -0.3 is 20.7 Å². The van der Waals surface area contributed by atoms with Gasteiger partial charge in [0.1, 0.15) is 17.5 Å². The van der Waals surface area contributed by atoms with Crippen LogP contribution in [0.15, 0.2) is 27.8 Å². The number of amides is 1. The van der Waals surface area contributed by atoms with Crippen molar-refractivity contribution in [2.45, 2.75) is 20.4 Å². The van der Waals surface area contributed by atoms with Gasteiger partial charge in [-0.1, -0.05) is 13.8 Å². The Labute approximate surface area is 171 Å². The molecule has 0 aliphatic carbocycles. The zero-order valence-corrected chi connectivity index (χ0v) is 17.0. The first-order valence-electron chi connectivity index (χ1n) is 9.25. The summed E-state index contributed by atoms with van der Waals surface area (Å²) < 4.78 is 32.9. The normalized spacial score (nSPS) is 11.0. The van der Waals surface area contributed by atoms with Gasteiger partial charge in [0.2, 0.25) is 5.91 Å². The molecule has 4 N–H and O–H groups in total. The highest BCUT2D eigenvalue weighted by atomic mass is 19.1. The Morgan fingerprint density at radius 3 is 2.47 bits per heavy atom. The lowest BCUT2D eigenvalue weighted by atomic mass is 10.2. The third kappa shape index (κ3) is 5.66. The van der Waals surface area contributed by atoms with Crippen LogP contribution in [0.5, 0.6) is 0 Å². The summed E-state index contributed by atoms with van der Waals surface area (Å²) in [4.78, 5) is 40.7. The maximum atomic E-state index is 13.3. The number of methoxy groups -OCH3 is 1. The number of benzene rings is 1. The topological polar surface area (TPSA) is 122 Å². The first kappa shape index (κ1) is 23.1. The molecule has 0 spiro atoms. The van der Waals surface area contributed by atoms with Crippen molar-refractivity contribution in [1.82, 2.24) is 9.55 Å². The lowest BCUT2D eigenvalue weighted by molar-refractivity contribution is -0.117. The van der Waals surface area contributed by atoms with E-state index in [9.17, 15) is 23.2 Å². The third-order valence-electron chi connectivity index (χ3n) is 4.16. The van der Waals surface area contributed by atoms with Crippen LogP contribution in [0, 0.1) is 17.6 Å². The molecule has 2 aromatic rings. The molecule has 0 aliphatic rings. The van der Waals surface area contributed by atoms with Crippen molar-refractivity contribution in [2.24, 2.45) is 5.92 Å². The third-order valence-corrected chi connectivity index (χ3v) is 4.16. The van der Waals surface area contributed by atoms with Crippen molar-refractivity contribution >= 4 is 23.1 Å². The van der Waals surface area contributed by atoms with Crippen molar-refractivity contribution in [3.8, 4) is 0 Å². The van der Waals surface area contributed by atoms with E-state index < -0.39 is 28.8 Å². The number of rotatable bonds is 9. The van der Waals surface area contributed by atoms with Crippen LogP contribution in [0.25, 0.3) is 0 Å². The fraction of sp³-hybridized carbons (Fsp3) is 0.421. The van der Waals surface area contributed by atoms with E-state index in [4.69, 9.17) is 10.5 Å². The number of nitrogen functional groups attached to an aromatic ring is 1. The van der Waals surface area contributed by atoms with E-state index in [2.05, 4.69) is 10.3 Å². The minimum Gasteiger partial charge on any atom is -0.383 e. The van der Waals surface area contributed by atoms with E-state index in [-0.39, 0.29) is 49.4 Å². The van der Waals surface area contributed by atoms with Gasteiger partial charge in [-0.05, 0) is 18.1 Å². The molecule has 0 radical (unpaired) electrons. The zero-order chi connectivity index (χ0) is 22.4. The number of H-pyrrole nitrogens is 1. The summed E-state index contributed by atoms with van der Waals surface area (Å²) >= 11 is 0. The molecular formula is C19H25F2N5O4. The number of nitrogens with two attached hydrogens (primary N) is 1. The van der Waals surface area contributed by atoms with Crippen molar-refractivity contribution in [3.63, 3.8) is 0 Å². The average Bonchev–Trinajstić information content (AvgIpc) is 2.64. The minimum atomic E-state index is -0.821. The first-order valence-corrected chi connectivity index (χ1v) is 9.25. The van der Waals surface area contributed by atoms with Gasteiger partial charge in [-0.3, -0.25) is 19.1 Å². The van der Waals surface area contributed by atoms with Crippen molar-refractivity contribution in [1.29, 1.82) is 0 Å². The highest BCUT2D eigenvalue weighted by Crippen LogP contribution is 2.18. The molecule has 1 aromatic heterocycles. The van der Waals surface area contributed by atoms with Crippen LogP contribution in [-0.4, -0.2) is 42.3 Å². The Hall–Kier alpha value is -3.21. The number of nitrogens with zero attached hydrogens (tertiary/aromatic N) is 2. The molecule has 0 aliphatic heterocycles. The Morgan fingerprint density at radius 2 is 1.90 bits per heavy atom. The standard InChI is InChI=1S/C19H25F2N5O4/c1-11(2)10-26-17(22)16(18(28)24-19(26)29)25(4-5-30-3)15(27)9-23-14-7-12(20)6-13(21)8-14/h6-8,11,23H,4-5,9-10,22H2,1-3H3,(H,24,28,29). The van der Waals surface area contributed by atoms with E-state index in [1.165, 1.54) is 11.7 Å². The number of nitrogens with one attached hydrogen (secondary N) is 2. The summed E-state index contributed by atoms with van der Waals surface area (Å²) in [6, 6.07) is 2.76. The molecule has 0 saturated heterocycles.